The van der Waals surface area contributed by atoms with Gasteiger partial charge in [-0.25, -0.2) is 4.79 Å². The summed E-state index contributed by atoms with van der Waals surface area (Å²) in [4.78, 5) is 57.5. The van der Waals surface area contributed by atoms with Gasteiger partial charge in [-0.1, -0.05) is 51.1 Å². The Kier molecular flexibility index (Phi) is 9.37. The molecule has 11 nitrogen and oxygen atoms in total. The van der Waals surface area contributed by atoms with Gasteiger partial charge in [-0.2, -0.15) is 5.26 Å². The highest BCUT2D eigenvalue weighted by Crippen LogP contribution is 2.39. The van der Waals surface area contributed by atoms with E-state index >= 15 is 0 Å². The maximum absolute atomic E-state index is 14.7. The van der Waals surface area contributed by atoms with Crippen molar-refractivity contribution in [1.82, 2.24) is 10.2 Å². The van der Waals surface area contributed by atoms with E-state index in [-0.39, 0.29) is 18.5 Å². The van der Waals surface area contributed by atoms with Crippen LogP contribution in [0.1, 0.15) is 52.2 Å². The zero-order chi connectivity index (χ0) is 33.2. The Morgan fingerprint density at radius 2 is 1.80 bits per heavy atom. The zero-order valence-electron chi connectivity index (χ0n) is 26.6. The van der Waals surface area contributed by atoms with Crippen molar-refractivity contribution in [2.45, 2.75) is 65.7 Å². The fraction of sp³-hybridized carbons (Fsp3) is 0.382. The van der Waals surface area contributed by atoms with Crippen LogP contribution in [0.3, 0.4) is 0 Å². The number of ether oxygens (including phenoxy) is 1. The number of amides is 4. The monoisotopic (exact) mass is 613 g/mol. The molecule has 0 bridgehead atoms. The Balaban J connectivity index is 1.90. The molecule has 11 heteroatoms. The molecular weight excluding hydrogens is 574 g/mol. The molecule has 1 aliphatic rings. The first kappa shape index (κ1) is 32.8. The van der Waals surface area contributed by atoms with Gasteiger partial charge in [0.25, 0.3) is 5.91 Å². The summed E-state index contributed by atoms with van der Waals surface area (Å²) in [6.07, 6.45) is -1.10. The van der Waals surface area contributed by atoms with Crippen molar-refractivity contribution in [3.8, 4) is 11.8 Å². The molecule has 3 aromatic carbocycles. The third-order valence-corrected chi connectivity index (χ3v) is 8.12. The van der Waals surface area contributed by atoms with Gasteiger partial charge in [0.1, 0.15) is 17.8 Å². The zero-order valence-corrected chi connectivity index (χ0v) is 26.6. The van der Waals surface area contributed by atoms with Gasteiger partial charge in [0.15, 0.2) is 0 Å². The van der Waals surface area contributed by atoms with E-state index in [1.807, 2.05) is 57.2 Å². The van der Waals surface area contributed by atoms with Crippen molar-refractivity contribution in [3.05, 3.63) is 65.7 Å². The highest BCUT2D eigenvalue weighted by atomic mass is 16.5. The highest BCUT2D eigenvalue weighted by molar-refractivity contribution is 6.09. The molecule has 0 unspecified atom stereocenters. The second-order valence-corrected chi connectivity index (χ2v) is 12.5. The SMILES string of the molecule is COc1ccc2ccccc2c1CN1C(=O)[C@@H](NC(=O)[C@H](CC(C)(C)C)N(C)C(=O)O)[C@H](C)N(C(C)=O)c2cc(C#N)ccc21. The minimum Gasteiger partial charge on any atom is -0.496 e. The van der Waals surface area contributed by atoms with Gasteiger partial charge in [0, 0.05) is 19.5 Å². The summed E-state index contributed by atoms with van der Waals surface area (Å²) in [7, 11) is 2.86. The molecule has 3 atom stereocenters. The standard InChI is InChI=1S/C34H39N5O6/c1-20-30(36-31(41)28(17-34(3,4)5)37(6)33(43)44)32(42)38(26-14-12-22(18-35)16-27(26)39(20)21(2)40)19-25-24-11-9-8-10-23(24)13-15-29(25)45-7/h8-16,20,28,30H,17,19H2,1-7H3,(H,36,41)(H,43,44)/t20-,28-,30-/m0/s1. The molecule has 0 spiro atoms. The Morgan fingerprint density at radius 3 is 2.40 bits per heavy atom. The van der Waals surface area contributed by atoms with E-state index < -0.39 is 47.4 Å². The van der Waals surface area contributed by atoms with Crippen molar-refractivity contribution >= 4 is 46.0 Å². The number of nitrogens with one attached hydrogen (secondary N) is 1. The van der Waals surface area contributed by atoms with Crippen molar-refractivity contribution in [2.75, 3.05) is 24.0 Å². The Labute approximate surface area is 263 Å². The molecule has 0 aromatic heterocycles. The highest BCUT2D eigenvalue weighted by Gasteiger charge is 2.43. The van der Waals surface area contributed by atoms with Crippen molar-refractivity contribution in [1.29, 1.82) is 5.26 Å². The summed E-state index contributed by atoms with van der Waals surface area (Å²) >= 11 is 0. The number of anilines is 2. The van der Waals surface area contributed by atoms with Gasteiger partial charge in [0.2, 0.25) is 11.8 Å². The van der Waals surface area contributed by atoms with Gasteiger partial charge >= 0.3 is 6.09 Å². The van der Waals surface area contributed by atoms with Crippen LogP contribution in [0.25, 0.3) is 10.8 Å². The summed E-state index contributed by atoms with van der Waals surface area (Å²) in [5, 5.41) is 24.1. The second kappa shape index (κ2) is 12.9. The normalized spacial score (nSPS) is 17.2. The fourth-order valence-corrected chi connectivity index (χ4v) is 5.87. The van der Waals surface area contributed by atoms with E-state index in [1.165, 1.54) is 23.8 Å². The lowest BCUT2D eigenvalue weighted by Crippen LogP contribution is -2.60. The molecule has 0 aliphatic carbocycles. The minimum atomic E-state index is -1.29. The molecule has 236 valence electrons. The fourth-order valence-electron chi connectivity index (χ4n) is 5.87. The smallest absolute Gasteiger partial charge is 0.407 e. The lowest BCUT2D eigenvalue weighted by atomic mass is 9.87. The molecule has 0 radical (unpaired) electrons. The molecule has 0 fully saturated rings. The van der Waals surface area contributed by atoms with Gasteiger partial charge < -0.3 is 25.0 Å². The summed E-state index contributed by atoms with van der Waals surface area (Å²) < 4.78 is 5.71. The summed E-state index contributed by atoms with van der Waals surface area (Å²) in [5.74, 6) is -1.02. The average Bonchev–Trinajstić information content (AvgIpc) is 3.07. The quantitative estimate of drug-likeness (QED) is 0.386. The van der Waals surface area contributed by atoms with Gasteiger partial charge in [-0.15, -0.1) is 0 Å². The number of rotatable bonds is 7. The van der Waals surface area contributed by atoms with E-state index in [0.717, 1.165) is 15.7 Å². The Bertz CT molecular complexity index is 1690. The predicted molar refractivity (Wildman–Crippen MR) is 171 cm³/mol. The topological polar surface area (TPSA) is 143 Å². The number of methoxy groups -OCH3 is 1. The van der Waals surface area contributed by atoms with Crippen molar-refractivity contribution in [2.24, 2.45) is 5.41 Å². The minimum absolute atomic E-state index is 0.0214. The molecule has 4 rings (SSSR count). The number of fused-ring (bicyclic) bond motifs is 2. The first-order valence-electron chi connectivity index (χ1n) is 14.6. The number of hydrogen-bond acceptors (Lipinski definition) is 6. The average molecular weight is 614 g/mol. The molecule has 3 aromatic rings. The molecule has 0 saturated heterocycles. The molecular formula is C34H39N5O6. The number of nitriles is 1. The number of likely N-dealkylation sites (N-methyl/N-ethyl adjacent to an activating group) is 1. The van der Waals surface area contributed by atoms with Crippen LogP contribution in [0.4, 0.5) is 16.2 Å². The van der Waals surface area contributed by atoms with Crippen LogP contribution in [0.2, 0.25) is 0 Å². The number of hydrogen-bond donors (Lipinski definition) is 2. The van der Waals surface area contributed by atoms with Crippen LogP contribution in [0, 0.1) is 16.7 Å². The van der Waals surface area contributed by atoms with Gasteiger partial charge in [-0.3, -0.25) is 19.3 Å². The summed E-state index contributed by atoms with van der Waals surface area (Å²) in [6.45, 7) is 8.70. The van der Waals surface area contributed by atoms with Crippen molar-refractivity contribution < 1.29 is 29.0 Å². The maximum Gasteiger partial charge on any atom is 0.407 e. The van der Waals surface area contributed by atoms with Crippen LogP contribution in [0.15, 0.2) is 54.6 Å². The van der Waals surface area contributed by atoms with E-state index in [2.05, 4.69) is 11.4 Å². The van der Waals surface area contributed by atoms with Crippen LogP contribution in [-0.4, -0.2) is 66.1 Å². The van der Waals surface area contributed by atoms with Crippen LogP contribution in [0.5, 0.6) is 5.75 Å². The van der Waals surface area contributed by atoms with E-state index in [9.17, 15) is 29.5 Å². The third-order valence-electron chi connectivity index (χ3n) is 8.12. The molecule has 2 N–H and O–H groups in total. The molecule has 45 heavy (non-hydrogen) atoms. The summed E-state index contributed by atoms with van der Waals surface area (Å²) in [5.41, 5.74) is 1.30. The van der Waals surface area contributed by atoms with E-state index in [4.69, 9.17) is 4.74 Å². The Hall–Kier alpha value is -5.11. The number of carboxylic acid groups (broad SMARTS) is 1. The molecule has 1 aliphatic heterocycles. The number of benzene rings is 3. The second-order valence-electron chi connectivity index (χ2n) is 12.5. The third kappa shape index (κ3) is 6.70. The maximum atomic E-state index is 14.7. The molecule has 0 saturated carbocycles. The number of carbonyl (C=O) groups is 4. The van der Waals surface area contributed by atoms with Gasteiger partial charge in [-0.05, 0) is 53.8 Å². The van der Waals surface area contributed by atoms with Crippen LogP contribution < -0.4 is 19.9 Å². The lowest BCUT2D eigenvalue weighted by molar-refractivity contribution is -0.131. The van der Waals surface area contributed by atoms with Crippen LogP contribution >= 0.6 is 0 Å². The van der Waals surface area contributed by atoms with E-state index in [0.29, 0.717) is 22.7 Å². The number of nitrogens with zero attached hydrogens (tertiary/aromatic N) is 4. The molecule has 4 amide bonds. The van der Waals surface area contributed by atoms with Gasteiger partial charge in [0.05, 0.1) is 42.7 Å². The first-order chi connectivity index (χ1) is 21.2. The largest absolute Gasteiger partial charge is 0.496 e. The number of carbonyl (C=O) groups excluding carboxylic acids is 3. The Morgan fingerprint density at radius 1 is 1.11 bits per heavy atom. The van der Waals surface area contributed by atoms with E-state index in [1.54, 1.807) is 32.2 Å². The first-order valence-corrected chi connectivity index (χ1v) is 14.6. The van der Waals surface area contributed by atoms with Crippen LogP contribution in [-0.2, 0) is 20.9 Å². The summed E-state index contributed by atoms with van der Waals surface area (Å²) in [6, 6.07) is 15.0. The predicted octanol–water partition coefficient (Wildman–Crippen LogP) is 4.91. The van der Waals surface area contributed by atoms with Crippen molar-refractivity contribution in [3.63, 3.8) is 0 Å². The lowest BCUT2D eigenvalue weighted by Gasteiger charge is -2.35. The molecule has 1 heterocycles.